The fourth-order valence-electron chi connectivity index (χ4n) is 4.03. The Kier molecular flexibility index (Phi) is 4.72. The molecule has 3 aromatic rings. The number of rotatable bonds is 4. The highest BCUT2D eigenvalue weighted by molar-refractivity contribution is 5.94. The van der Waals surface area contributed by atoms with Crippen LogP contribution >= 0.6 is 0 Å². The minimum absolute atomic E-state index is 0.0855. The molecule has 1 fully saturated rings. The Bertz CT molecular complexity index is 1170. The summed E-state index contributed by atoms with van der Waals surface area (Å²) in [4.78, 5) is 6.59. The highest BCUT2D eigenvalue weighted by atomic mass is 16.5. The van der Waals surface area contributed by atoms with Crippen molar-refractivity contribution in [2.75, 3.05) is 26.7 Å². The third kappa shape index (κ3) is 3.14. The first-order valence-corrected chi connectivity index (χ1v) is 10.0. The average Bonchev–Trinajstić information content (AvgIpc) is 3.32. The van der Waals surface area contributed by atoms with Crippen molar-refractivity contribution in [3.63, 3.8) is 0 Å². The van der Waals surface area contributed by atoms with Crippen LogP contribution in [0.5, 0.6) is 11.5 Å². The zero-order chi connectivity index (χ0) is 20.7. The van der Waals surface area contributed by atoms with Crippen molar-refractivity contribution in [3.05, 3.63) is 47.3 Å². The van der Waals surface area contributed by atoms with Crippen LogP contribution in [0.4, 0.5) is 5.82 Å². The summed E-state index contributed by atoms with van der Waals surface area (Å²) in [5.74, 6) is 1.74. The second-order valence-corrected chi connectivity index (χ2v) is 7.57. The van der Waals surface area contributed by atoms with Gasteiger partial charge in [-0.15, -0.1) is 10.2 Å². The first-order valence-electron chi connectivity index (χ1n) is 10.0. The summed E-state index contributed by atoms with van der Waals surface area (Å²) in [7, 11) is 1.65. The van der Waals surface area contributed by atoms with Crippen LogP contribution in [-0.2, 0) is 6.54 Å². The number of fused-ring (bicyclic) bond motifs is 2. The molecule has 154 valence electrons. The Labute approximate surface area is 173 Å². The van der Waals surface area contributed by atoms with E-state index in [4.69, 9.17) is 9.15 Å². The van der Waals surface area contributed by atoms with Gasteiger partial charge in [0.05, 0.1) is 18.1 Å². The van der Waals surface area contributed by atoms with E-state index in [1.54, 1.807) is 19.4 Å². The molecule has 0 saturated carbocycles. The van der Waals surface area contributed by atoms with Crippen molar-refractivity contribution in [1.82, 2.24) is 15.2 Å². The molecule has 30 heavy (non-hydrogen) atoms. The van der Waals surface area contributed by atoms with Crippen LogP contribution < -0.4 is 10.1 Å². The number of hydrogen-bond donors (Lipinski definition) is 2. The molecule has 1 aromatic carbocycles. The van der Waals surface area contributed by atoms with Crippen LogP contribution in [0.1, 0.15) is 23.8 Å². The number of hydrogen-bond acceptors (Lipinski definition) is 8. The summed E-state index contributed by atoms with van der Waals surface area (Å²) in [6.07, 6.45) is 3.38. The van der Waals surface area contributed by atoms with Gasteiger partial charge in [0.2, 0.25) is 0 Å². The second kappa shape index (κ2) is 7.55. The van der Waals surface area contributed by atoms with Gasteiger partial charge in [-0.1, -0.05) is 0 Å². The van der Waals surface area contributed by atoms with E-state index in [0.717, 1.165) is 36.5 Å². The summed E-state index contributed by atoms with van der Waals surface area (Å²) in [6, 6.07) is 7.83. The number of methoxy groups -OCH3 is 1. The van der Waals surface area contributed by atoms with Crippen molar-refractivity contribution in [2.45, 2.75) is 19.5 Å². The number of azo groups is 1. The first-order chi connectivity index (χ1) is 14.7. The molecule has 5 rings (SSSR count). The summed E-state index contributed by atoms with van der Waals surface area (Å²) < 4.78 is 11.8. The molecule has 2 aliphatic rings. The van der Waals surface area contributed by atoms with Gasteiger partial charge in [0, 0.05) is 50.1 Å². The van der Waals surface area contributed by atoms with Crippen LogP contribution in [0, 0.1) is 0 Å². The number of nitrogens with one attached hydrogen (secondary N) is 1. The van der Waals surface area contributed by atoms with Gasteiger partial charge in [0.25, 0.3) is 0 Å². The topological polar surface area (TPSA) is 95.5 Å². The normalized spacial score (nSPS) is 20.2. The first kappa shape index (κ1) is 18.8. The van der Waals surface area contributed by atoms with Gasteiger partial charge >= 0.3 is 0 Å². The van der Waals surface area contributed by atoms with E-state index in [1.165, 1.54) is 0 Å². The Morgan fingerprint density at radius 1 is 1.33 bits per heavy atom. The van der Waals surface area contributed by atoms with Gasteiger partial charge in [-0.2, -0.15) is 0 Å². The molecule has 4 heterocycles. The number of nitrogens with zero attached hydrogens (tertiary/aromatic N) is 4. The lowest BCUT2D eigenvalue weighted by atomic mass is 10.1. The maximum absolute atomic E-state index is 10.9. The lowest BCUT2D eigenvalue weighted by Crippen LogP contribution is -2.49. The Hall–Kier alpha value is -3.23. The highest BCUT2D eigenvalue weighted by Crippen LogP contribution is 2.41. The minimum Gasteiger partial charge on any atom is -0.504 e. The molecule has 2 N–H and O–H groups in total. The van der Waals surface area contributed by atoms with E-state index in [-0.39, 0.29) is 5.75 Å². The van der Waals surface area contributed by atoms with Crippen molar-refractivity contribution in [2.24, 2.45) is 10.2 Å². The number of piperazine rings is 1. The van der Waals surface area contributed by atoms with Crippen LogP contribution in [0.25, 0.3) is 22.7 Å². The molecule has 0 radical (unpaired) electrons. The van der Waals surface area contributed by atoms with Crippen molar-refractivity contribution in [1.29, 1.82) is 0 Å². The highest BCUT2D eigenvalue weighted by Gasteiger charge is 2.25. The van der Waals surface area contributed by atoms with Gasteiger partial charge in [-0.3, -0.25) is 4.90 Å². The lowest BCUT2D eigenvalue weighted by molar-refractivity contribution is 0.164. The van der Waals surface area contributed by atoms with E-state index >= 15 is 0 Å². The average molecular weight is 405 g/mol. The summed E-state index contributed by atoms with van der Waals surface area (Å²) in [5, 5.41) is 23.2. The fraction of sp³-hybridized carbons (Fsp3) is 0.318. The second-order valence-electron chi connectivity index (χ2n) is 7.57. The number of aromatic nitrogens is 1. The quantitative estimate of drug-likeness (QED) is 0.683. The van der Waals surface area contributed by atoms with Gasteiger partial charge in [0.1, 0.15) is 17.0 Å². The van der Waals surface area contributed by atoms with E-state index < -0.39 is 0 Å². The predicted octanol–water partition coefficient (Wildman–Crippen LogP) is 3.93. The number of benzene rings is 1. The molecule has 1 atom stereocenters. The molecule has 0 unspecified atom stereocenters. The zero-order valence-corrected chi connectivity index (χ0v) is 16.9. The largest absolute Gasteiger partial charge is 0.504 e. The molecule has 0 aliphatic carbocycles. The predicted molar refractivity (Wildman–Crippen MR) is 114 cm³/mol. The van der Waals surface area contributed by atoms with E-state index in [9.17, 15) is 5.11 Å². The standard InChI is InChI=1S/C22H23N5O3/c1-13-11-23-8-9-27(13)12-16-18(29-2)6-5-15-20(28)19(30-21(15)16)10-17-14-4-3-7-24-22(14)26-25-17/h3-7,10,13,23,28H,8-9,11-12H2,1-2H3/b17-10-/t13-/m1/s1. The minimum atomic E-state index is 0.0855. The Balaban J connectivity index is 1.58. The molecule has 1 saturated heterocycles. The summed E-state index contributed by atoms with van der Waals surface area (Å²) in [5.41, 5.74) is 2.98. The Morgan fingerprint density at radius 3 is 3.07 bits per heavy atom. The van der Waals surface area contributed by atoms with Gasteiger partial charge < -0.3 is 19.6 Å². The number of ether oxygens (including phenoxy) is 1. The van der Waals surface area contributed by atoms with Gasteiger partial charge in [-0.05, 0) is 31.2 Å². The Morgan fingerprint density at radius 2 is 2.23 bits per heavy atom. The summed E-state index contributed by atoms with van der Waals surface area (Å²) in [6.45, 7) is 5.71. The lowest BCUT2D eigenvalue weighted by Gasteiger charge is -2.34. The SMILES string of the molecule is COc1ccc2c(O)c(/C=C3\N=Nc4ncccc43)oc2c1CN1CCNC[C@H]1C. The van der Waals surface area contributed by atoms with Crippen LogP contribution in [0.2, 0.25) is 0 Å². The maximum atomic E-state index is 10.9. The monoisotopic (exact) mass is 405 g/mol. The zero-order valence-electron chi connectivity index (χ0n) is 16.9. The van der Waals surface area contributed by atoms with Crippen molar-refractivity contribution < 1.29 is 14.3 Å². The number of furan rings is 1. The van der Waals surface area contributed by atoms with Gasteiger partial charge in [0.15, 0.2) is 17.3 Å². The molecule has 2 aliphatic heterocycles. The molecule has 0 amide bonds. The number of pyridine rings is 1. The molecular weight excluding hydrogens is 382 g/mol. The van der Waals surface area contributed by atoms with Gasteiger partial charge in [-0.25, -0.2) is 4.98 Å². The fourth-order valence-corrected chi connectivity index (χ4v) is 4.03. The van der Waals surface area contributed by atoms with Crippen LogP contribution in [-0.4, -0.2) is 47.8 Å². The van der Waals surface area contributed by atoms with E-state index in [2.05, 4.69) is 32.4 Å². The van der Waals surface area contributed by atoms with Crippen LogP contribution in [0.15, 0.2) is 45.1 Å². The van der Waals surface area contributed by atoms with Crippen molar-refractivity contribution >= 4 is 28.6 Å². The smallest absolute Gasteiger partial charge is 0.183 e. The molecule has 8 nitrogen and oxygen atoms in total. The molecule has 0 bridgehead atoms. The van der Waals surface area contributed by atoms with E-state index in [0.29, 0.717) is 40.8 Å². The van der Waals surface area contributed by atoms with Crippen LogP contribution in [0.3, 0.4) is 0 Å². The maximum Gasteiger partial charge on any atom is 0.183 e. The van der Waals surface area contributed by atoms with Crippen molar-refractivity contribution in [3.8, 4) is 11.5 Å². The molecular formula is C22H23N5O3. The molecule has 0 spiro atoms. The number of aromatic hydroxyl groups is 1. The summed E-state index contributed by atoms with van der Waals surface area (Å²) >= 11 is 0. The molecule has 8 heteroatoms. The third-order valence-corrected chi connectivity index (χ3v) is 5.72. The third-order valence-electron chi connectivity index (χ3n) is 5.72. The molecule has 2 aromatic heterocycles. The van der Waals surface area contributed by atoms with E-state index in [1.807, 2.05) is 24.3 Å².